The van der Waals surface area contributed by atoms with Crippen molar-refractivity contribution >= 4 is 41.0 Å². The van der Waals surface area contributed by atoms with Gasteiger partial charge in [0.25, 0.3) is 18.3 Å². The number of hydrogen-bond acceptors (Lipinski definition) is 9. The number of fused-ring (bicyclic) bond motifs is 1. The largest absolute Gasteiger partial charge is 0.462 e. The number of carbonyl (C=O) groups is 5. The van der Waals surface area contributed by atoms with Gasteiger partial charge in [-0.3, -0.25) is 33.7 Å². The molecule has 4 amide bonds. The molecule has 15 nitrogen and oxygen atoms in total. The third-order valence-electron chi connectivity index (χ3n) is 12.5. The molecule has 6 rings (SSSR count). The fourth-order valence-electron chi connectivity index (χ4n) is 9.25. The van der Waals surface area contributed by atoms with Crippen molar-refractivity contribution in [2.45, 2.75) is 97.2 Å². The van der Waals surface area contributed by atoms with Gasteiger partial charge in [-0.05, 0) is 99.9 Å². The molecule has 0 bridgehead atoms. The lowest BCUT2D eigenvalue weighted by Crippen LogP contribution is -2.56. The molecule has 18 heteroatoms. The first-order chi connectivity index (χ1) is 31.7. The standard InChI is InChI=1S/C49H61F3N8O7/c1-10-41(62)58-21-18-35(27-58)46(64)56(7)42(30(2)3)45(63)55-39(47(65)60-20-12-11-19-53-60)23-32-14-13-15-33(22-32)34-16-17-40-36(24-34)37(25-48(5,6)67-29-61)44(59(40)28-49(50,51)52)38-26-54-57(8)43(38)31(4)66-9/h10,13-17,22,24,26,29,31,35,39,53H,1,11-12,18-21,23,25,27-28H2,2-9H3,(H,55,63)/t31-,35-,39?/m0/s1. The fourth-order valence-corrected chi connectivity index (χ4v) is 9.25. The lowest BCUT2D eigenvalue weighted by Gasteiger charge is -2.32. The van der Waals surface area contributed by atoms with E-state index in [1.54, 1.807) is 63.4 Å². The molecule has 2 aliphatic rings. The van der Waals surface area contributed by atoms with E-state index in [1.165, 1.54) is 40.9 Å². The molecule has 2 aliphatic heterocycles. The van der Waals surface area contributed by atoms with Gasteiger partial charge < -0.3 is 29.2 Å². The highest BCUT2D eigenvalue weighted by molar-refractivity contribution is 6.01. The Labute approximate surface area is 388 Å². The van der Waals surface area contributed by atoms with Crippen LogP contribution in [0.15, 0.2) is 72.6 Å². The normalized spacial score (nSPS) is 16.4. The van der Waals surface area contributed by atoms with Gasteiger partial charge in [0.15, 0.2) is 0 Å². The molecule has 2 aromatic carbocycles. The molecular formula is C49H61F3N8O7. The smallest absolute Gasteiger partial charge is 0.406 e. The predicted molar refractivity (Wildman–Crippen MR) is 247 cm³/mol. The number of aromatic nitrogens is 3. The Morgan fingerprint density at radius 1 is 1.07 bits per heavy atom. The second-order valence-electron chi connectivity index (χ2n) is 18.1. The maximum Gasteiger partial charge on any atom is 0.406 e. The molecule has 1 unspecified atom stereocenters. The summed E-state index contributed by atoms with van der Waals surface area (Å²) in [5.74, 6) is -2.11. The first kappa shape index (κ1) is 50.1. The first-order valence-corrected chi connectivity index (χ1v) is 22.4. The van der Waals surface area contributed by atoms with Gasteiger partial charge >= 0.3 is 6.18 Å². The van der Waals surface area contributed by atoms with Gasteiger partial charge in [0.2, 0.25) is 11.8 Å². The molecule has 0 spiro atoms. The summed E-state index contributed by atoms with van der Waals surface area (Å²) in [5, 5.41) is 9.38. The summed E-state index contributed by atoms with van der Waals surface area (Å²) < 4.78 is 57.6. The van der Waals surface area contributed by atoms with Gasteiger partial charge in [0.1, 0.15) is 23.9 Å². The number of nitrogens with one attached hydrogen (secondary N) is 2. The third kappa shape index (κ3) is 11.3. The lowest BCUT2D eigenvalue weighted by molar-refractivity contribution is -0.141. The van der Waals surface area contributed by atoms with Crippen molar-refractivity contribution in [3.05, 3.63) is 89.4 Å². The molecule has 0 aliphatic carbocycles. The molecule has 360 valence electrons. The first-order valence-electron chi connectivity index (χ1n) is 22.4. The van der Waals surface area contributed by atoms with Crippen LogP contribution in [-0.4, -0.2) is 117 Å². The molecule has 0 saturated carbocycles. The maximum absolute atomic E-state index is 14.6. The number of aryl methyl sites for hydroxylation is 1. The minimum absolute atomic E-state index is 0.0538. The molecule has 4 aromatic rings. The Balaban J connectivity index is 1.39. The van der Waals surface area contributed by atoms with Crippen molar-refractivity contribution in [1.29, 1.82) is 0 Å². The number of amides is 4. The van der Waals surface area contributed by atoms with Crippen molar-refractivity contribution in [2.75, 3.05) is 40.3 Å². The highest BCUT2D eigenvalue weighted by Crippen LogP contribution is 2.42. The zero-order chi connectivity index (χ0) is 49.0. The van der Waals surface area contributed by atoms with Crippen molar-refractivity contribution < 1.29 is 46.6 Å². The minimum Gasteiger partial charge on any atom is -0.462 e. The SMILES string of the molecule is C=CC(=O)N1CC[C@H](C(=O)N(C)C(C(=O)NC(Cc2cccc(-c3ccc4c(c3)c(CC(C)(C)OC=O)c(-c3cnn(C)c3[C@H](C)OC)n4CC(F)(F)F)c2)C(=O)N2CCCCN2)=C(C)C)C1. The number of rotatable bonds is 17. The van der Waals surface area contributed by atoms with E-state index in [0.29, 0.717) is 82.5 Å². The number of likely N-dealkylation sites (N-methyl/N-ethyl adjacent to an activating group) is 1. The van der Waals surface area contributed by atoms with Crippen LogP contribution >= 0.6 is 0 Å². The molecule has 2 aromatic heterocycles. The van der Waals surface area contributed by atoms with Gasteiger partial charge in [-0.1, -0.05) is 36.9 Å². The third-order valence-corrected chi connectivity index (χ3v) is 12.5. The summed E-state index contributed by atoms with van der Waals surface area (Å²) in [6.45, 7) is 12.7. The Morgan fingerprint density at radius 3 is 2.45 bits per heavy atom. The quantitative estimate of drug-likeness (QED) is 0.0901. The Kier molecular flexibility index (Phi) is 15.5. The van der Waals surface area contributed by atoms with Crippen LogP contribution in [0.5, 0.6) is 0 Å². The van der Waals surface area contributed by atoms with E-state index in [-0.39, 0.29) is 48.5 Å². The van der Waals surface area contributed by atoms with E-state index in [9.17, 15) is 37.1 Å². The van der Waals surface area contributed by atoms with Gasteiger partial charge in [-0.25, -0.2) is 5.43 Å². The number of carbonyl (C=O) groups excluding carboxylic acids is 5. The van der Waals surface area contributed by atoms with Gasteiger partial charge in [0.05, 0.1) is 29.6 Å². The van der Waals surface area contributed by atoms with Crippen molar-refractivity contribution in [1.82, 2.24) is 39.9 Å². The van der Waals surface area contributed by atoms with Crippen LogP contribution in [0.4, 0.5) is 13.2 Å². The topological polar surface area (TPSA) is 160 Å². The van der Waals surface area contributed by atoms with Crippen LogP contribution in [-0.2, 0) is 59.9 Å². The summed E-state index contributed by atoms with van der Waals surface area (Å²) in [6, 6.07) is 11.5. The summed E-state index contributed by atoms with van der Waals surface area (Å²) in [4.78, 5) is 69.1. The van der Waals surface area contributed by atoms with Crippen LogP contribution in [0.1, 0.15) is 76.8 Å². The van der Waals surface area contributed by atoms with Crippen LogP contribution < -0.4 is 10.7 Å². The molecule has 2 N–H and O–H groups in total. The van der Waals surface area contributed by atoms with Crippen molar-refractivity contribution in [3.63, 3.8) is 0 Å². The van der Waals surface area contributed by atoms with E-state index in [0.717, 1.165) is 12.8 Å². The molecule has 0 radical (unpaired) electrons. The number of methoxy groups -OCH3 is 1. The van der Waals surface area contributed by atoms with Crippen molar-refractivity contribution in [2.24, 2.45) is 13.0 Å². The second kappa shape index (κ2) is 20.7. The van der Waals surface area contributed by atoms with E-state index < -0.39 is 42.3 Å². The predicted octanol–water partition coefficient (Wildman–Crippen LogP) is 6.41. The zero-order valence-corrected chi connectivity index (χ0v) is 39.5. The van der Waals surface area contributed by atoms with E-state index in [4.69, 9.17) is 9.47 Å². The average molecular weight is 931 g/mol. The monoisotopic (exact) mass is 930 g/mol. The fraction of sp³-hybridized carbons (Fsp3) is 0.469. The average Bonchev–Trinajstić information content (AvgIpc) is 4.00. The van der Waals surface area contributed by atoms with Crippen LogP contribution in [0, 0.1) is 5.92 Å². The number of benzene rings is 2. The number of allylic oxidation sites excluding steroid dienone is 1. The highest BCUT2D eigenvalue weighted by atomic mass is 19.4. The van der Waals surface area contributed by atoms with Crippen molar-refractivity contribution in [3.8, 4) is 22.4 Å². The van der Waals surface area contributed by atoms with Gasteiger partial charge in [-0.2, -0.15) is 18.3 Å². The molecular weight excluding hydrogens is 870 g/mol. The zero-order valence-electron chi connectivity index (χ0n) is 39.5. The molecule has 2 fully saturated rings. The lowest BCUT2D eigenvalue weighted by atomic mass is 9.92. The number of halogens is 3. The number of hydrogen-bond donors (Lipinski definition) is 2. The van der Waals surface area contributed by atoms with E-state index in [1.807, 2.05) is 30.3 Å². The van der Waals surface area contributed by atoms with E-state index in [2.05, 4.69) is 22.4 Å². The summed E-state index contributed by atoms with van der Waals surface area (Å²) >= 11 is 0. The highest BCUT2D eigenvalue weighted by Gasteiger charge is 2.38. The minimum atomic E-state index is -4.61. The summed E-state index contributed by atoms with van der Waals surface area (Å²) in [5.41, 5.74) is 6.78. The number of hydrazine groups is 1. The molecule has 3 atom stereocenters. The number of alkyl halides is 3. The Morgan fingerprint density at radius 2 is 1.81 bits per heavy atom. The number of ether oxygens (including phenoxy) is 2. The Bertz CT molecular complexity index is 2550. The summed E-state index contributed by atoms with van der Waals surface area (Å²) in [6.07, 6.45) is -0.229. The maximum atomic E-state index is 14.6. The van der Waals surface area contributed by atoms with Crippen LogP contribution in [0.3, 0.4) is 0 Å². The number of nitrogens with zero attached hydrogens (tertiary/aromatic N) is 6. The van der Waals surface area contributed by atoms with Crippen LogP contribution in [0.25, 0.3) is 33.3 Å². The van der Waals surface area contributed by atoms with Gasteiger partial charge in [0, 0.05) is 76.7 Å². The number of likely N-dealkylation sites (tertiary alicyclic amines) is 1. The Hall–Kier alpha value is -6.27. The van der Waals surface area contributed by atoms with Crippen LogP contribution in [0.2, 0.25) is 0 Å². The molecule has 4 heterocycles. The van der Waals surface area contributed by atoms with Gasteiger partial charge in [-0.15, -0.1) is 0 Å². The van der Waals surface area contributed by atoms with E-state index >= 15 is 0 Å². The second-order valence-corrected chi connectivity index (χ2v) is 18.1. The molecule has 67 heavy (non-hydrogen) atoms. The molecule has 2 saturated heterocycles. The summed E-state index contributed by atoms with van der Waals surface area (Å²) in [7, 11) is 4.72.